The molecule has 5 aromatic rings. The van der Waals surface area contributed by atoms with Crippen molar-refractivity contribution in [3.63, 3.8) is 0 Å². The predicted octanol–water partition coefficient (Wildman–Crippen LogP) is 4.09. The number of furan rings is 1. The zero-order chi connectivity index (χ0) is 25.1. The van der Waals surface area contributed by atoms with E-state index in [-0.39, 0.29) is 23.7 Å². The molecule has 0 aliphatic carbocycles. The van der Waals surface area contributed by atoms with Gasteiger partial charge in [0.05, 0.1) is 36.8 Å². The molecule has 0 aliphatic heterocycles. The monoisotopic (exact) mass is 479 g/mol. The molecule has 0 fully saturated rings. The second kappa shape index (κ2) is 9.92. The summed E-state index contributed by atoms with van der Waals surface area (Å²) in [5.41, 5.74) is 3.23. The Morgan fingerprint density at radius 2 is 1.47 bits per heavy atom. The Morgan fingerprint density at radius 1 is 0.806 bits per heavy atom. The van der Waals surface area contributed by atoms with E-state index in [1.807, 2.05) is 37.3 Å². The van der Waals surface area contributed by atoms with Crippen LogP contribution in [0.3, 0.4) is 0 Å². The number of fused-ring (bicyclic) bond motifs is 1. The SMILES string of the molecule is Cc1ccc(Cn2c(=O)n(Cc3ccc(C(=O)NCc4ccco4)cc3)c(=O)c3ccccc32)cc1. The van der Waals surface area contributed by atoms with Gasteiger partial charge in [-0.1, -0.05) is 54.1 Å². The minimum Gasteiger partial charge on any atom is -0.467 e. The van der Waals surface area contributed by atoms with E-state index >= 15 is 0 Å². The maximum atomic E-state index is 13.5. The van der Waals surface area contributed by atoms with Crippen LogP contribution in [-0.4, -0.2) is 15.0 Å². The van der Waals surface area contributed by atoms with Gasteiger partial charge in [-0.3, -0.25) is 18.7 Å². The molecule has 0 saturated heterocycles. The molecule has 5 rings (SSSR count). The first-order chi connectivity index (χ1) is 17.5. The lowest BCUT2D eigenvalue weighted by Crippen LogP contribution is -2.40. The van der Waals surface area contributed by atoms with E-state index in [2.05, 4.69) is 5.32 Å². The summed E-state index contributed by atoms with van der Waals surface area (Å²) in [5, 5.41) is 3.29. The molecule has 0 bridgehead atoms. The first kappa shape index (κ1) is 23.1. The Hall–Kier alpha value is -4.65. The van der Waals surface area contributed by atoms with E-state index < -0.39 is 0 Å². The van der Waals surface area contributed by atoms with Crippen LogP contribution >= 0.6 is 0 Å². The van der Waals surface area contributed by atoms with Gasteiger partial charge in [0.2, 0.25) is 0 Å². The zero-order valence-electron chi connectivity index (χ0n) is 19.8. The van der Waals surface area contributed by atoms with Crippen molar-refractivity contribution in [1.29, 1.82) is 0 Å². The predicted molar refractivity (Wildman–Crippen MR) is 138 cm³/mol. The molecule has 2 aromatic heterocycles. The van der Waals surface area contributed by atoms with Gasteiger partial charge in [-0.2, -0.15) is 0 Å². The number of aryl methyl sites for hydroxylation is 1. The number of carbonyl (C=O) groups is 1. The van der Waals surface area contributed by atoms with E-state index in [1.165, 1.54) is 4.57 Å². The summed E-state index contributed by atoms with van der Waals surface area (Å²) in [6, 6.07) is 25.6. The van der Waals surface area contributed by atoms with Crippen LogP contribution in [0, 0.1) is 6.92 Å². The molecule has 1 amide bonds. The fourth-order valence-electron chi connectivity index (χ4n) is 4.17. The van der Waals surface area contributed by atoms with Crippen LogP contribution in [0.4, 0.5) is 0 Å². The number of carbonyl (C=O) groups excluding carboxylic acids is 1. The molecule has 3 aromatic carbocycles. The molecule has 7 nitrogen and oxygen atoms in total. The van der Waals surface area contributed by atoms with Crippen LogP contribution in [-0.2, 0) is 19.6 Å². The number of aromatic nitrogens is 2. The number of nitrogens with zero attached hydrogens (tertiary/aromatic N) is 2. The van der Waals surface area contributed by atoms with Gasteiger partial charge in [0.25, 0.3) is 11.5 Å². The van der Waals surface area contributed by atoms with E-state index in [1.54, 1.807) is 65.4 Å². The maximum absolute atomic E-state index is 13.5. The number of benzene rings is 3. The summed E-state index contributed by atoms with van der Waals surface area (Å²) in [5.74, 6) is 0.429. The molecule has 0 atom stereocenters. The minimum atomic E-state index is -0.375. The van der Waals surface area contributed by atoms with E-state index in [0.29, 0.717) is 35.3 Å². The zero-order valence-corrected chi connectivity index (χ0v) is 19.8. The van der Waals surface area contributed by atoms with Crippen molar-refractivity contribution in [2.45, 2.75) is 26.6 Å². The Labute approximate surface area is 207 Å². The molecule has 0 aliphatic rings. The number of nitrogens with one attached hydrogen (secondary N) is 1. The van der Waals surface area contributed by atoms with Crippen molar-refractivity contribution in [3.05, 3.63) is 140 Å². The highest BCUT2D eigenvalue weighted by Crippen LogP contribution is 2.12. The molecular weight excluding hydrogens is 454 g/mol. The summed E-state index contributed by atoms with van der Waals surface area (Å²) < 4.78 is 8.12. The Kier molecular flexibility index (Phi) is 6.36. The summed E-state index contributed by atoms with van der Waals surface area (Å²) in [4.78, 5) is 39.2. The number of amides is 1. The lowest BCUT2D eigenvalue weighted by molar-refractivity contribution is 0.0948. The molecule has 0 unspecified atom stereocenters. The van der Waals surface area contributed by atoms with Gasteiger partial charge in [-0.05, 0) is 54.4 Å². The van der Waals surface area contributed by atoms with Crippen molar-refractivity contribution in [3.8, 4) is 0 Å². The van der Waals surface area contributed by atoms with Crippen molar-refractivity contribution in [2.24, 2.45) is 0 Å². The third-order valence-electron chi connectivity index (χ3n) is 6.15. The Bertz CT molecular complexity index is 1630. The lowest BCUT2D eigenvalue weighted by atomic mass is 10.1. The average molecular weight is 480 g/mol. The molecule has 0 saturated carbocycles. The topological polar surface area (TPSA) is 86.2 Å². The highest BCUT2D eigenvalue weighted by molar-refractivity contribution is 5.94. The third-order valence-corrected chi connectivity index (χ3v) is 6.15. The van der Waals surface area contributed by atoms with Crippen LogP contribution in [0.25, 0.3) is 10.9 Å². The molecule has 2 heterocycles. The molecule has 7 heteroatoms. The van der Waals surface area contributed by atoms with Crippen molar-refractivity contribution in [1.82, 2.24) is 14.5 Å². The van der Waals surface area contributed by atoms with Crippen LogP contribution in [0.15, 0.2) is 105 Å². The van der Waals surface area contributed by atoms with Crippen LogP contribution in [0.2, 0.25) is 0 Å². The largest absolute Gasteiger partial charge is 0.467 e. The highest BCUT2D eigenvalue weighted by Gasteiger charge is 2.14. The smallest absolute Gasteiger partial charge is 0.332 e. The second-order valence-corrected chi connectivity index (χ2v) is 8.72. The van der Waals surface area contributed by atoms with Crippen molar-refractivity contribution in [2.75, 3.05) is 0 Å². The first-order valence-electron chi connectivity index (χ1n) is 11.7. The Morgan fingerprint density at radius 3 is 2.17 bits per heavy atom. The summed E-state index contributed by atoms with van der Waals surface area (Å²) >= 11 is 0. The summed E-state index contributed by atoms with van der Waals surface area (Å²) in [7, 11) is 0. The number of rotatable bonds is 7. The fraction of sp³-hybridized carbons (Fsp3) is 0.138. The van der Waals surface area contributed by atoms with Gasteiger partial charge in [0, 0.05) is 5.56 Å². The Balaban J connectivity index is 1.43. The second-order valence-electron chi connectivity index (χ2n) is 8.72. The van der Waals surface area contributed by atoms with Crippen LogP contribution in [0.1, 0.15) is 32.8 Å². The van der Waals surface area contributed by atoms with E-state index in [0.717, 1.165) is 16.7 Å². The highest BCUT2D eigenvalue weighted by atomic mass is 16.3. The summed E-state index contributed by atoms with van der Waals surface area (Å²) in [6.07, 6.45) is 1.56. The first-order valence-corrected chi connectivity index (χ1v) is 11.7. The van der Waals surface area contributed by atoms with E-state index in [4.69, 9.17) is 4.42 Å². The quantitative estimate of drug-likeness (QED) is 0.381. The standard InChI is InChI=1S/C29H25N3O4/c1-20-8-10-21(11-9-20)18-31-26-7-3-2-6-25(26)28(34)32(29(31)35)19-22-12-14-23(15-13-22)27(33)30-17-24-5-4-16-36-24/h2-16H,17-19H2,1H3,(H,30,33). The van der Waals surface area contributed by atoms with Gasteiger partial charge in [-0.25, -0.2) is 4.79 Å². The van der Waals surface area contributed by atoms with Crippen LogP contribution < -0.4 is 16.6 Å². The fourth-order valence-corrected chi connectivity index (χ4v) is 4.17. The van der Waals surface area contributed by atoms with Crippen LogP contribution in [0.5, 0.6) is 0 Å². The van der Waals surface area contributed by atoms with Gasteiger partial charge >= 0.3 is 5.69 Å². The molecule has 36 heavy (non-hydrogen) atoms. The molecular formula is C29H25N3O4. The average Bonchev–Trinajstić information content (AvgIpc) is 3.43. The maximum Gasteiger partial charge on any atom is 0.332 e. The number of para-hydroxylation sites is 1. The number of hydrogen-bond acceptors (Lipinski definition) is 4. The van der Waals surface area contributed by atoms with Crippen molar-refractivity contribution < 1.29 is 9.21 Å². The van der Waals surface area contributed by atoms with Crippen molar-refractivity contribution >= 4 is 16.8 Å². The molecule has 0 spiro atoms. The molecule has 1 N–H and O–H groups in total. The van der Waals surface area contributed by atoms with Gasteiger partial charge < -0.3 is 9.73 Å². The summed E-state index contributed by atoms with van der Waals surface area (Å²) in [6.45, 7) is 2.76. The van der Waals surface area contributed by atoms with Gasteiger partial charge in [0.1, 0.15) is 5.76 Å². The lowest BCUT2D eigenvalue weighted by Gasteiger charge is -2.15. The van der Waals surface area contributed by atoms with Gasteiger partial charge in [0.15, 0.2) is 0 Å². The normalized spacial score (nSPS) is 11.0. The molecule has 180 valence electrons. The minimum absolute atomic E-state index is 0.102. The third kappa shape index (κ3) is 4.77. The van der Waals surface area contributed by atoms with E-state index in [9.17, 15) is 14.4 Å². The number of hydrogen-bond donors (Lipinski definition) is 1. The molecule has 0 radical (unpaired) electrons. The van der Waals surface area contributed by atoms with Gasteiger partial charge in [-0.15, -0.1) is 0 Å².